The van der Waals surface area contributed by atoms with E-state index in [9.17, 15) is 4.79 Å². The number of carbonyl (C=O) groups excluding carboxylic acids is 1. The molecule has 0 unspecified atom stereocenters. The molecule has 2 rings (SSSR count). The Hall–Kier alpha value is -1.94. The molecule has 1 aromatic heterocycles. The van der Waals surface area contributed by atoms with E-state index in [0.29, 0.717) is 19.5 Å². The SMILES string of the molecule is CCNC(=O)CCNCc1ccc2cnccc2c1. The summed E-state index contributed by atoms with van der Waals surface area (Å²) in [7, 11) is 0. The fourth-order valence-corrected chi connectivity index (χ4v) is 1.96. The summed E-state index contributed by atoms with van der Waals surface area (Å²) in [5.74, 6) is 0.0968. The van der Waals surface area contributed by atoms with Crippen LogP contribution in [0.15, 0.2) is 36.7 Å². The Balaban J connectivity index is 1.83. The number of carbonyl (C=O) groups is 1. The van der Waals surface area contributed by atoms with Crippen molar-refractivity contribution < 1.29 is 4.79 Å². The molecule has 0 radical (unpaired) electrons. The highest BCUT2D eigenvalue weighted by molar-refractivity contribution is 5.82. The maximum atomic E-state index is 11.3. The van der Waals surface area contributed by atoms with E-state index in [0.717, 1.165) is 11.9 Å². The second kappa shape index (κ2) is 6.85. The van der Waals surface area contributed by atoms with Gasteiger partial charge in [-0.3, -0.25) is 9.78 Å². The Bertz CT molecular complexity index is 554. The number of hydrogen-bond donors (Lipinski definition) is 2. The Kier molecular flexibility index (Phi) is 4.86. The van der Waals surface area contributed by atoms with E-state index in [-0.39, 0.29) is 5.91 Å². The topological polar surface area (TPSA) is 54.0 Å². The van der Waals surface area contributed by atoms with Crippen LogP contribution in [0.3, 0.4) is 0 Å². The molecular weight excluding hydrogens is 238 g/mol. The largest absolute Gasteiger partial charge is 0.356 e. The lowest BCUT2D eigenvalue weighted by Crippen LogP contribution is -2.27. The monoisotopic (exact) mass is 257 g/mol. The summed E-state index contributed by atoms with van der Waals surface area (Å²) >= 11 is 0. The van der Waals surface area contributed by atoms with E-state index >= 15 is 0 Å². The van der Waals surface area contributed by atoms with Gasteiger partial charge in [0.05, 0.1) is 0 Å². The molecule has 0 atom stereocenters. The predicted molar refractivity (Wildman–Crippen MR) is 76.8 cm³/mol. The van der Waals surface area contributed by atoms with Gasteiger partial charge in [-0.2, -0.15) is 0 Å². The van der Waals surface area contributed by atoms with Crippen LogP contribution in [0.1, 0.15) is 18.9 Å². The van der Waals surface area contributed by atoms with Crippen LogP contribution in [-0.2, 0) is 11.3 Å². The average molecular weight is 257 g/mol. The highest BCUT2D eigenvalue weighted by Crippen LogP contribution is 2.14. The van der Waals surface area contributed by atoms with Gasteiger partial charge in [0.2, 0.25) is 5.91 Å². The van der Waals surface area contributed by atoms with Crippen molar-refractivity contribution in [3.05, 3.63) is 42.2 Å². The number of amides is 1. The van der Waals surface area contributed by atoms with Crippen molar-refractivity contribution in [1.82, 2.24) is 15.6 Å². The minimum Gasteiger partial charge on any atom is -0.356 e. The number of hydrogen-bond acceptors (Lipinski definition) is 3. The van der Waals surface area contributed by atoms with Gasteiger partial charge in [0, 0.05) is 43.8 Å². The molecule has 1 aromatic carbocycles. The van der Waals surface area contributed by atoms with Crippen molar-refractivity contribution in [3.8, 4) is 0 Å². The molecule has 0 saturated carbocycles. The number of rotatable bonds is 6. The van der Waals surface area contributed by atoms with Crippen molar-refractivity contribution in [2.75, 3.05) is 13.1 Å². The third-order valence-electron chi connectivity index (χ3n) is 2.94. The van der Waals surface area contributed by atoms with Crippen LogP contribution in [0.5, 0.6) is 0 Å². The van der Waals surface area contributed by atoms with E-state index in [1.54, 1.807) is 6.20 Å². The Morgan fingerprint density at radius 2 is 2.16 bits per heavy atom. The molecule has 100 valence electrons. The van der Waals surface area contributed by atoms with Crippen LogP contribution in [-0.4, -0.2) is 24.0 Å². The molecule has 2 aromatic rings. The fourth-order valence-electron chi connectivity index (χ4n) is 1.96. The number of fused-ring (bicyclic) bond motifs is 1. The molecular formula is C15H19N3O. The lowest BCUT2D eigenvalue weighted by molar-refractivity contribution is -0.120. The van der Waals surface area contributed by atoms with Crippen molar-refractivity contribution in [2.45, 2.75) is 19.9 Å². The van der Waals surface area contributed by atoms with Gasteiger partial charge in [0.1, 0.15) is 0 Å². The van der Waals surface area contributed by atoms with E-state index in [2.05, 4.69) is 33.8 Å². The van der Waals surface area contributed by atoms with Crippen LogP contribution < -0.4 is 10.6 Å². The summed E-state index contributed by atoms with van der Waals surface area (Å²) in [5, 5.41) is 8.40. The molecule has 0 bridgehead atoms. The number of benzene rings is 1. The molecule has 0 spiro atoms. The van der Waals surface area contributed by atoms with E-state index in [1.165, 1.54) is 10.9 Å². The summed E-state index contributed by atoms with van der Waals surface area (Å²) in [6.07, 6.45) is 4.18. The molecule has 4 heteroatoms. The van der Waals surface area contributed by atoms with Gasteiger partial charge in [0.15, 0.2) is 0 Å². The first-order valence-electron chi connectivity index (χ1n) is 6.59. The van der Waals surface area contributed by atoms with Crippen LogP contribution in [0.25, 0.3) is 10.8 Å². The van der Waals surface area contributed by atoms with Crippen molar-refractivity contribution >= 4 is 16.7 Å². The lowest BCUT2D eigenvalue weighted by Gasteiger charge is -2.06. The van der Waals surface area contributed by atoms with Gasteiger partial charge in [-0.05, 0) is 30.0 Å². The highest BCUT2D eigenvalue weighted by atomic mass is 16.1. The predicted octanol–water partition coefficient (Wildman–Crippen LogP) is 1.85. The maximum Gasteiger partial charge on any atom is 0.221 e. The zero-order valence-electron chi connectivity index (χ0n) is 11.1. The summed E-state index contributed by atoms with van der Waals surface area (Å²) in [6, 6.07) is 8.32. The Morgan fingerprint density at radius 3 is 3.00 bits per heavy atom. The second-order valence-electron chi connectivity index (χ2n) is 4.44. The van der Waals surface area contributed by atoms with Gasteiger partial charge >= 0.3 is 0 Å². The standard InChI is InChI=1S/C15H19N3O/c1-2-18-15(19)6-8-16-10-12-3-4-14-11-17-7-5-13(14)9-12/h3-5,7,9,11,16H,2,6,8,10H2,1H3,(H,18,19). The molecule has 4 nitrogen and oxygen atoms in total. The van der Waals surface area contributed by atoms with Crippen LogP contribution >= 0.6 is 0 Å². The highest BCUT2D eigenvalue weighted by Gasteiger charge is 1.99. The summed E-state index contributed by atoms with van der Waals surface area (Å²) in [6.45, 7) is 4.09. The molecule has 19 heavy (non-hydrogen) atoms. The molecule has 1 amide bonds. The van der Waals surface area contributed by atoms with Crippen LogP contribution in [0.4, 0.5) is 0 Å². The molecule has 2 N–H and O–H groups in total. The normalized spacial score (nSPS) is 10.6. The second-order valence-corrected chi connectivity index (χ2v) is 4.44. The average Bonchev–Trinajstić information content (AvgIpc) is 2.44. The fraction of sp³-hybridized carbons (Fsp3) is 0.333. The van der Waals surface area contributed by atoms with Crippen molar-refractivity contribution in [3.63, 3.8) is 0 Å². The zero-order chi connectivity index (χ0) is 13.5. The third-order valence-corrected chi connectivity index (χ3v) is 2.94. The molecule has 0 fully saturated rings. The van der Waals surface area contributed by atoms with Gasteiger partial charge in [0.25, 0.3) is 0 Å². The first-order chi connectivity index (χ1) is 9.29. The number of aromatic nitrogens is 1. The van der Waals surface area contributed by atoms with Crippen LogP contribution in [0, 0.1) is 0 Å². The Labute approximate surface area is 113 Å². The summed E-state index contributed by atoms with van der Waals surface area (Å²) in [5.41, 5.74) is 1.22. The third kappa shape index (κ3) is 4.03. The molecule has 0 aliphatic carbocycles. The van der Waals surface area contributed by atoms with Gasteiger partial charge < -0.3 is 10.6 Å². The van der Waals surface area contributed by atoms with Gasteiger partial charge in [-0.25, -0.2) is 0 Å². The lowest BCUT2D eigenvalue weighted by atomic mass is 10.1. The van der Waals surface area contributed by atoms with Crippen molar-refractivity contribution in [1.29, 1.82) is 0 Å². The van der Waals surface area contributed by atoms with Crippen LogP contribution in [0.2, 0.25) is 0 Å². The minimum absolute atomic E-state index is 0.0968. The quantitative estimate of drug-likeness (QED) is 0.777. The summed E-state index contributed by atoms with van der Waals surface area (Å²) < 4.78 is 0. The molecule has 0 aliphatic rings. The number of nitrogens with zero attached hydrogens (tertiary/aromatic N) is 1. The maximum absolute atomic E-state index is 11.3. The van der Waals surface area contributed by atoms with Gasteiger partial charge in [-0.15, -0.1) is 0 Å². The van der Waals surface area contributed by atoms with Gasteiger partial charge in [-0.1, -0.05) is 12.1 Å². The number of nitrogens with one attached hydrogen (secondary N) is 2. The molecule has 1 heterocycles. The molecule has 0 saturated heterocycles. The first kappa shape index (κ1) is 13.5. The van der Waals surface area contributed by atoms with E-state index in [4.69, 9.17) is 0 Å². The van der Waals surface area contributed by atoms with Crippen molar-refractivity contribution in [2.24, 2.45) is 0 Å². The summed E-state index contributed by atoms with van der Waals surface area (Å²) in [4.78, 5) is 15.4. The Morgan fingerprint density at radius 1 is 1.26 bits per heavy atom. The number of pyridine rings is 1. The minimum atomic E-state index is 0.0968. The molecule has 0 aliphatic heterocycles. The smallest absolute Gasteiger partial charge is 0.221 e. The van der Waals surface area contributed by atoms with E-state index in [1.807, 2.05) is 19.2 Å². The first-order valence-corrected chi connectivity index (χ1v) is 6.59. The zero-order valence-corrected chi connectivity index (χ0v) is 11.1. The van der Waals surface area contributed by atoms with E-state index < -0.39 is 0 Å².